The molecule has 0 atom stereocenters. The number of aryl methyl sites for hydroxylation is 1. The van der Waals surface area contributed by atoms with E-state index in [1.807, 2.05) is 61.5 Å². The fourth-order valence-corrected chi connectivity index (χ4v) is 2.61. The fraction of sp³-hybridized carbons (Fsp3) is 0.0556. The van der Waals surface area contributed by atoms with E-state index in [9.17, 15) is 4.79 Å². The molecule has 0 aliphatic heterocycles. The Morgan fingerprint density at radius 2 is 1.73 bits per heavy atom. The zero-order chi connectivity index (χ0) is 15.7. The first kappa shape index (κ1) is 14.8. The molecule has 0 amide bonds. The van der Waals surface area contributed by atoms with Crippen LogP contribution in [0.15, 0.2) is 53.3 Å². The summed E-state index contributed by atoms with van der Waals surface area (Å²) in [6.45, 7) is 5.99. The highest BCUT2D eigenvalue weighted by atomic mass is 127. The van der Waals surface area contributed by atoms with Crippen LogP contribution in [0.3, 0.4) is 0 Å². The molecule has 0 aliphatic carbocycles. The Balaban J connectivity index is 2.15. The largest absolute Gasteiger partial charge is 0.291 e. The predicted molar refractivity (Wildman–Crippen MR) is 98.6 cm³/mol. The average Bonchev–Trinajstić information content (AvgIpc) is 2.78. The number of aromatic nitrogens is 2. The summed E-state index contributed by atoms with van der Waals surface area (Å²) >= 11 is 2.24. The number of benzene rings is 2. The standard InChI is InChI=1S/C18H15IN2O/c1-12-3-5-14(6-4-12)11-17-13(2)20-21(18(17)22)16-9-7-15(19)8-10-16/h3-11,20H,2H2,1H3/b17-11+. The number of aromatic amines is 1. The van der Waals surface area contributed by atoms with Gasteiger partial charge in [-0.05, 0) is 65.4 Å². The third-order valence-electron chi connectivity index (χ3n) is 3.48. The number of rotatable bonds is 2. The van der Waals surface area contributed by atoms with Gasteiger partial charge in [-0.1, -0.05) is 36.4 Å². The lowest BCUT2D eigenvalue weighted by atomic mass is 10.1. The lowest BCUT2D eigenvalue weighted by Gasteiger charge is -2.00. The van der Waals surface area contributed by atoms with E-state index in [4.69, 9.17) is 0 Å². The molecule has 4 heteroatoms. The summed E-state index contributed by atoms with van der Waals surface area (Å²) < 4.78 is 2.65. The van der Waals surface area contributed by atoms with Crippen LogP contribution in [0.4, 0.5) is 0 Å². The van der Waals surface area contributed by atoms with Gasteiger partial charge in [0.05, 0.1) is 16.3 Å². The highest BCUT2D eigenvalue weighted by Gasteiger charge is 2.04. The SMILES string of the molecule is C=c1[nH]n(-c2ccc(I)cc2)c(=O)/c1=C/c1ccc(C)cc1. The normalized spacial score (nSPS) is 11.8. The molecule has 0 bridgehead atoms. The Kier molecular flexibility index (Phi) is 4.02. The van der Waals surface area contributed by atoms with Gasteiger partial charge in [-0.25, -0.2) is 4.68 Å². The van der Waals surface area contributed by atoms with Gasteiger partial charge in [0.1, 0.15) is 0 Å². The summed E-state index contributed by atoms with van der Waals surface area (Å²) in [6, 6.07) is 15.8. The molecule has 2 aromatic carbocycles. The number of hydrogen-bond acceptors (Lipinski definition) is 1. The zero-order valence-electron chi connectivity index (χ0n) is 12.1. The molecule has 1 heterocycles. The van der Waals surface area contributed by atoms with Crippen molar-refractivity contribution in [3.63, 3.8) is 0 Å². The topological polar surface area (TPSA) is 37.8 Å². The molecule has 0 aliphatic rings. The predicted octanol–water partition coefficient (Wildman–Crippen LogP) is 2.32. The second-order valence-electron chi connectivity index (χ2n) is 5.18. The van der Waals surface area contributed by atoms with Crippen molar-refractivity contribution in [1.82, 2.24) is 9.78 Å². The number of nitrogens with zero attached hydrogens (tertiary/aromatic N) is 1. The summed E-state index contributed by atoms with van der Waals surface area (Å²) in [7, 11) is 0. The molecule has 1 N–H and O–H groups in total. The highest BCUT2D eigenvalue weighted by Crippen LogP contribution is 2.08. The number of H-pyrrole nitrogens is 1. The molecule has 0 saturated carbocycles. The summed E-state index contributed by atoms with van der Waals surface area (Å²) in [5.41, 5.74) is 2.89. The Morgan fingerprint density at radius 1 is 1.09 bits per heavy atom. The van der Waals surface area contributed by atoms with Gasteiger partial charge >= 0.3 is 0 Å². The maximum Gasteiger partial charge on any atom is 0.279 e. The lowest BCUT2D eigenvalue weighted by molar-refractivity contribution is 0.838. The van der Waals surface area contributed by atoms with E-state index in [0.29, 0.717) is 10.6 Å². The molecule has 0 radical (unpaired) electrons. The first-order chi connectivity index (χ1) is 10.5. The highest BCUT2D eigenvalue weighted by molar-refractivity contribution is 14.1. The fourth-order valence-electron chi connectivity index (χ4n) is 2.25. The minimum atomic E-state index is -0.0909. The second kappa shape index (κ2) is 5.96. The van der Waals surface area contributed by atoms with Crippen molar-refractivity contribution in [2.45, 2.75) is 6.92 Å². The van der Waals surface area contributed by atoms with E-state index < -0.39 is 0 Å². The third kappa shape index (κ3) is 2.92. The van der Waals surface area contributed by atoms with Gasteiger partial charge in [-0.2, -0.15) is 0 Å². The molecule has 110 valence electrons. The van der Waals surface area contributed by atoms with E-state index in [1.165, 1.54) is 10.2 Å². The molecule has 0 fully saturated rings. The van der Waals surface area contributed by atoms with E-state index in [0.717, 1.165) is 14.8 Å². The summed E-state index contributed by atoms with van der Waals surface area (Å²) in [5, 5.41) is 4.24. The first-order valence-corrected chi connectivity index (χ1v) is 7.97. The molecule has 0 unspecified atom stereocenters. The van der Waals surface area contributed by atoms with Crippen molar-refractivity contribution in [2.75, 3.05) is 0 Å². The zero-order valence-corrected chi connectivity index (χ0v) is 14.3. The van der Waals surface area contributed by atoms with Crippen LogP contribution < -0.4 is 16.1 Å². The minimum Gasteiger partial charge on any atom is -0.291 e. The third-order valence-corrected chi connectivity index (χ3v) is 4.20. The van der Waals surface area contributed by atoms with Crippen LogP contribution in [-0.2, 0) is 0 Å². The number of halogens is 1. The molecule has 0 saturated heterocycles. The lowest BCUT2D eigenvalue weighted by Crippen LogP contribution is -2.33. The van der Waals surface area contributed by atoms with E-state index in [1.54, 1.807) is 0 Å². The van der Waals surface area contributed by atoms with E-state index in [-0.39, 0.29) is 5.56 Å². The van der Waals surface area contributed by atoms with E-state index >= 15 is 0 Å². The van der Waals surface area contributed by atoms with Gasteiger partial charge in [0, 0.05) is 3.57 Å². The second-order valence-corrected chi connectivity index (χ2v) is 6.42. The van der Waals surface area contributed by atoms with Crippen LogP contribution in [0.1, 0.15) is 11.1 Å². The summed E-state index contributed by atoms with van der Waals surface area (Å²) in [5.74, 6) is 0. The van der Waals surface area contributed by atoms with Crippen molar-refractivity contribution in [2.24, 2.45) is 0 Å². The quantitative estimate of drug-likeness (QED) is 0.657. The van der Waals surface area contributed by atoms with E-state index in [2.05, 4.69) is 34.3 Å². The van der Waals surface area contributed by atoms with Crippen LogP contribution in [0.25, 0.3) is 18.3 Å². The summed E-state index contributed by atoms with van der Waals surface area (Å²) in [6.07, 6.45) is 1.86. The minimum absolute atomic E-state index is 0.0909. The van der Waals surface area contributed by atoms with Crippen LogP contribution in [-0.4, -0.2) is 9.78 Å². The van der Waals surface area contributed by atoms with Gasteiger partial charge in [-0.3, -0.25) is 9.89 Å². The van der Waals surface area contributed by atoms with Gasteiger partial charge in [-0.15, -0.1) is 0 Å². The van der Waals surface area contributed by atoms with Crippen molar-refractivity contribution < 1.29 is 0 Å². The smallest absolute Gasteiger partial charge is 0.279 e. The maximum atomic E-state index is 12.6. The number of hydrogen-bond donors (Lipinski definition) is 1. The van der Waals surface area contributed by atoms with Crippen LogP contribution in [0.2, 0.25) is 0 Å². The Hall–Kier alpha value is -2.08. The Morgan fingerprint density at radius 3 is 2.36 bits per heavy atom. The molecule has 1 aromatic heterocycles. The van der Waals surface area contributed by atoms with Crippen molar-refractivity contribution in [1.29, 1.82) is 0 Å². The Labute approximate surface area is 141 Å². The van der Waals surface area contributed by atoms with Crippen LogP contribution in [0, 0.1) is 10.5 Å². The monoisotopic (exact) mass is 402 g/mol. The molecular weight excluding hydrogens is 387 g/mol. The molecule has 0 spiro atoms. The first-order valence-electron chi connectivity index (χ1n) is 6.89. The molecule has 3 rings (SSSR count). The number of nitrogens with one attached hydrogen (secondary N) is 1. The molecule has 22 heavy (non-hydrogen) atoms. The van der Waals surface area contributed by atoms with Gasteiger partial charge in [0.25, 0.3) is 5.56 Å². The van der Waals surface area contributed by atoms with Crippen molar-refractivity contribution in [3.05, 3.63) is 84.1 Å². The van der Waals surface area contributed by atoms with Crippen molar-refractivity contribution >= 4 is 35.2 Å². The molecular formula is C18H15IN2O. The van der Waals surface area contributed by atoms with Crippen LogP contribution >= 0.6 is 22.6 Å². The maximum absolute atomic E-state index is 12.6. The summed E-state index contributed by atoms with van der Waals surface area (Å²) in [4.78, 5) is 12.6. The van der Waals surface area contributed by atoms with Gasteiger partial charge in [0.15, 0.2) is 0 Å². The van der Waals surface area contributed by atoms with Crippen molar-refractivity contribution in [3.8, 4) is 5.69 Å². The van der Waals surface area contributed by atoms with Gasteiger partial charge in [0.2, 0.25) is 0 Å². The van der Waals surface area contributed by atoms with Gasteiger partial charge < -0.3 is 0 Å². The van der Waals surface area contributed by atoms with Crippen LogP contribution in [0.5, 0.6) is 0 Å². The molecule has 3 aromatic rings. The molecule has 3 nitrogen and oxygen atoms in total. The average molecular weight is 402 g/mol. The Bertz CT molecular complexity index is 964.